The molecule has 1 aromatic rings. The van der Waals surface area contributed by atoms with Crippen molar-refractivity contribution in [2.45, 2.75) is 240 Å². The van der Waals surface area contributed by atoms with E-state index in [4.69, 9.17) is 61.9 Å². The van der Waals surface area contributed by atoms with E-state index in [9.17, 15) is 4.79 Å². The summed E-state index contributed by atoms with van der Waals surface area (Å²) < 4.78 is 73.3. The normalized spacial score (nSPS) is 16.8. The van der Waals surface area contributed by atoms with Crippen molar-refractivity contribution in [3.05, 3.63) is 29.8 Å². The van der Waals surface area contributed by atoms with E-state index in [1.807, 2.05) is 55.4 Å². The third kappa shape index (κ3) is 39.4. The molecule has 76 heavy (non-hydrogen) atoms. The van der Waals surface area contributed by atoms with Gasteiger partial charge in [0.1, 0.15) is 11.9 Å². The van der Waals surface area contributed by atoms with Gasteiger partial charge in [-0.15, -0.1) is 0 Å². The Morgan fingerprint density at radius 1 is 0.461 bits per heavy atom. The van der Waals surface area contributed by atoms with Crippen molar-refractivity contribution in [3.63, 3.8) is 0 Å². The summed E-state index contributed by atoms with van der Waals surface area (Å²) in [5, 5.41) is 11.8. The summed E-state index contributed by atoms with van der Waals surface area (Å²) in [7, 11) is 1.79. The number of hydrogen-bond acceptors (Lipinski definition) is 15. The summed E-state index contributed by atoms with van der Waals surface area (Å²) >= 11 is 0. The lowest BCUT2D eigenvalue weighted by Gasteiger charge is -2.26. The molecule has 16 nitrogen and oxygen atoms in total. The summed E-state index contributed by atoms with van der Waals surface area (Å²) in [6.07, 6.45) is 12.8. The Morgan fingerprint density at radius 3 is 1.18 bits per heavy atom. The molecular formula is C60H114N2O14. The summed E-state index contributed by atoms with van der Waals surface area (Å²) in [6.45, 7) is 32.7. The van der Waals surface area contributed by atoms with E-state index in [2.05, 4.69) is 64.2 Å². The van der Waals surface area contributed by atoms with Crippen molar-refractivity contribution in [3.8, 4) is 5.75 Å². The lowest BCUT2D eigenvalue weighted by Crippen LogP contribution is -2.40. The van der Waals surface area contributed by atoms with E-state index in [1.165, 1.54) is 50.5 Å². The van der Waals surface area contributed by atoms with E-state index in [0.717, 1.165) is 37.9 Å². The van der Waals surface area contributed by atoms with E-state index >= 15 is 0 Å². The van der Waals surface area contributed by atoms with Crippen LogP contribution in [-0.2, 0) is 63.3 Å². The lowest BCUT2D eigenvalue weighted by atomic mass is 10.0. The van der Waals surface area contributed by atoms with Crippen LogP contribution in [0.5, 0.6) is 5.75 Å². The Bertz CT molecular complexity index is 1470. The molecule has 16 heteroatoms. The molecule has 0 heterocycles. The topological polar surface area (TPSA) is 163 Å². The maximum absolute atomic E-state index is 12.0. The standard InChI is InChI=1S/C60H114N2O14/c1-15-20-21-22-23-24-25-26-54-27-29-59(30-28-54)76-58(19-5)45-75-57(18-4)44-74-56(17-3)43-73-55(16-2)42-72-53(13)41-71-52(12)40-70-51(11)39-69-50(10)38-68-49(9)37-67-48(8)36-66-47(7)35-65-46(6)33-61-60(64)34-62(14)31-32-63/h27-30,46-53,55-58,63H,15-26,31-45H2,1-14H3,(H,61,64). The van der Waals surface area contributed by atoms with Crippen LogP contribution >= 0.6 is 0 Å². The minimum atomic E-state index is -0.159. The Hall–Kier alpha value is -2.03. The Labute approximate surface area is 463 Å². The van der Waals surface area contributed by atoms with Crippen LogP contribution in [-0.4, -0.2) is 195 Å². The van der Waals surface area contributed by atoms with Gasteiger partial charge in [-0.1, -0.05) is 85.3 Å². The third-order valence-corrected chi connectivity index (χ3v) is 13.0. The highest BCUT2D eigenvalue weighted by Crippen LogP contribution is 2.19. The fourth-order valence-electron chi connectivity index (χ4n) is 7.60. The molecule has 12 unspecified atom stereocenters. The van der Waals surface area contributed by atoms with Crippen LogP contribution in [0.1, 0.15) is 166 Å². The average Bonchev–Trinajstić information content (AvgIpc) is 3.41. The van der Waals surface area contributed by atoms with E-state index in [-0.39, 0.29) is 92.3 Å². The van der Waals surface area contributed by atoms with Crippen LogP contribution in [0, 0.1) is 0 Å². The molecule has 1 amide bonds. The van der Waals surface area contributed by atoms with Crippen LogP contribution in [0.3, 0.4) is 0 Å². The van der Waals surface area contributed by atoms with Crippen LogP contribution in [0.2, 0.25) is 0 Å². The second-order valence-electron chi connectivity index (χ2n) is 21.2. The summed E-state index contributed by atoms with van der Waals surface area (Å²) in [6, 6.07) is 8.63. The monoisotopic (exact) mass is 1090 g/mol. The highest BCUT2D eigenvalue weighted by Gasteiger charge is 2.20. The molecule has 0 aliphatic carbocycles. The van der Waals surface area contributed by atoms with Gasteiger partial charge in [0.2, 0.25) is 5.91 Å². The molecule has 0 aromatic heterocycles. The number of carbonyl (C=O) groups excluding carboxylic acids is 1. The van der Waals surface area contributed by atoms with Gasteiger partial charge in [0.25, 0.3) is 0 Å². The summed E-state index contributed by atoms with van der Waals surface area (Å²) in [5.74, 6) is 0.794. The first kappa shape index (κ1) is 72.0. The summed E-state index contributed by atoms with van der Waals surface area (Å²) in [4.78, 5) is 13.8. The molecule has 0 spiro atoms. The SMILES string of the molecule is CCCCCCCCCc1ccc(OC(CC)COC(CC)COC(CC)COC(CC)COC(C)COC(C)COC(C)COC(C)COC(C)COC(C)COC(C)COC(C)CNC(=O)CN(C)CCO)cc1. The number of carbonyl (C=O) groups is 1. The number of likely N-dealkylation sites (N-methyl/N-ethyl adjacent to an activating group) is 1. The molecule has 0 saturated heterocycles. The number of rotatable bonds is 53. The molecule has 0 saturated carbocycles. The molecule has 1 rings (SSSR count). The van der Waals surface area contributed by atoms with Crippen LogP contribution < -0.4 is 10.1 Å². The number of aliphatic hydroxyl groups is 1. The molecule has 0 radical (unpaired) electrons. The molecule has 0 aliphatic heterocycles. The largest absolute Gasteiger partial charge is 0.488 e. The average molecular weight is 1090 g/mol. The molecule has 2 N–H and O–H groups in total. The van der Waals surface area contributed by atoms with E-state index < -0.39 is 0 Å². The first-order chi connectivity index (χ1) is 36.5. The predicted octanol–water partition coefficient (Wildman–Crippen LogP) is 9.80. The molecule has 0 aliphatic rings. The Morgan fingerprint density at radius 2 is 0.803 bits per heavy atom. The number of unbranched alkanes of at least 4 members (excludes halogenated alkanes) is 6. The highest BCUT2D eigenvalue weighted by atomic mass is 16.6. The molecule has 1 aromatic carbocycles. The van der Waals surface area contributed by atoms with E-state index in [1.54, 1.807) is 11.9 Å². The minimum Gasteiger partial charge on any atom is -0.488 e. The molecule has 12 atom stereocenters. The van der Waals surface area contributed by atoms with Gasteiger partial charge >= 0.3 is 0 Å². The van der Waals surface area contributed by atoms with Gasteiger partial charge in [0, 0.05) is 13.1 Å². The minimum absolute atomic E-state index is 0.0162. The van der Waals surface area contributed by atoms with Gasteiger partial charge < -0.3 is 67.3 Å². The smallest absolute Gasteiger partial charge is 0.234 e. The fourth-order valence-corrected chi connectivity index (χ4v) is 7.60. The van der Waals surface area contributed by atoms with Crippen molar-refractivity contribution in [2.75, 3.05) is 106 Å². The number of nitrogens with one attached hydrogen (secondary N) is 1. The maximum Gasteiger partial charge on any atom is 0.234 e. The highest BCUT2D eigenvalue weighted by molar-refractivity contribution is 5.77. The van der Waals surface area contributed by atoms with Gasteiger partial charge in [-0.05, 0) is 119 Å². The fraction of sp³-hybridized carbons (Fsp3) is 0.883. The first-order valence-electron chi connectivity index (χ1n) is 29.6. The molecule has 0 fully saturated rings. The van der Waals surface area contributed by atoms with Crippen molar-refractivity contribution < 1.29 is 66.7 Å². The number of benzene rings is 1. The quantitative estimate of drug-likeness (QED) is 0.0593. The zero-order valence-corrected chi connectivity index (χ0v) is 50.5. The Balaban J connectivity index is 2.22. The van der Waals surface area contributed by atoms with Gasteiger partial charge in [-0.3, -0.25) is 9.69 Å². The van der Waals surface area contributed by atoms with Crippen molar-refractivity contribution in [1.29, 1.82) is 0 Å². The van der Waals surface area contributed by atoms with Gasteiger partial charge in [0.15, 0.2) is 0 Å². The number of ether oxygens (including phenoxy) is 12. The zero-order chi connectivity index (χ0) is 56.4. The second-order valence-corrected chi connectivity index (χ2v) is 21.2. The van der Waals surface area contributed by atoms with Crippen LogP contribution in [0.15, 0.2) is 24.3 Å². The predicted molar refractivity (Wildman–Crippen MR) is 304 cm³/mol. The number of aliphatic hydroxyl groups excluding tert-OH is 1. The number of aryl methyl sites for hydroxylation is 1. The van der Waals surface area contributed by atoms with Gasteiger partial charge in [0.05, 0.1) is 153 Å². The molecular weight excluding hydrogens is 973 g/mol. The summed E-state index contributed by atoms with van der Waals surface area (Å²) in [5.41, 5.74) is 1.38. The number of nitrogens with zero attached hydrogens (tertiary/aromatic N) is 1. The molecule has 0 bridgehead atoms. The van der Waals surface area contributed by atoms with Crippen molar-refractivity contribution in [1.82, 2.24) is 10.2 Å². The second kappa shape index (κ2) is 46.7. The molecule has 448 valence electrons. The van der Waals surface area contributed by atoms with Crippen LogP contribution in [0.25, 0.3) is 0 Å². The van der Waals surface area contributed by atoms with E-state index in [0.29, 0.717) is 85.8 Å². The zero-order valence-electron chi connectivity index (χ0n) is 50.5. The van der Waals surface area contributed by atoms with Gasteiger partial charge in [-0.2, -0.15) is 0 Å². The lowest BCUT2D eigenvalue weighted by molar-refractivity contribution is -0.123. The van der Waals surface area contributed by atoms with Crippen molar-refractivity contribution >= 4 is 5.91 Å². The number of amides is 1. The third-order valence-electron chi connectivity index (χ3n) is 13.0. The van der Waals surface area contributed by atoms with Gasteiger partial charge in [-0.25, -0.2) is 0 Å². The van der Waals surface area contributed by atoms with Crippen LogP contribution in [0.4, 0.5) is 0 Å². The van der Waals surface area contributed by atoms with Crippen molar-refractivity contribution in [2.24, 2.45) is 0 Å². The number of hydrogen-bond donors (Lipinski definition) is 2. The first-order valence-corrected chi connectivity index (χ1v) is 29.6. The maximum atomic E-state index is 12.0. The Kier molecular flexibility index (Phi) is 44.2.